The van der Waals surface area contributed by atoms with E-state index in [0.29, 0.717) is 5.75 Å². The normalized spacial score (nSPS) is 25.1. The Bertz CT molecular complexity index is 1300. The van der Waals surface area contributed by atoms with Gasteiger partial charge in [0.2, 0.25) is 12.6 Å². The molecule has 0 fully saturated rings. The van der Waals surface area contributed by atoms with Crippen molar-refractivity contribution in [3.8, 4) is 11.5 Å². The van der Waals surface area contributed by atoms with E-state index in [0.717, 1.165) is 0 Å². The van der Waals surface area contributed by atoms with E-state index >= 15 is 0 Å². The second kappa shape index (κ2) is 7.84. The van der Waals surface area contributed by atoms with Crippen molar-refractivity contribution in [2.24, 2.45) is 5.92 Å². The lowest BCUT2D eigenvalue weighted by Crippen LogP contribution is -2.61. The number of alkyl halides is 3. The number of benzene rings is 2. The summed E-state index contributed by atoms with van der Waals surface area (Å²) in [7, 11) is 0. The summed E-state index contributed by atoms with van der Waals surface area (Å²) in [4.78, 5) is 39.7. The molecule has 5 rings (SSSR count). The summed E-state index contributed by atoms with van der Waals surface area (Å²) in [5.74, 6) is -12.2. The third-order valence-corrected chi connectivity index (χ3v) is 6.14. The number of fused-ring (bicyclic) bond motifs is 2. The molecule has 0 spiro atoms. The van der Waals surface area contributed by atoms with Crippen LogP contribution in [0.15, 0.2) is 53.8 Å². The zero-order chi connectivity index (χ0) is 25.1. The van der Waals surface area contributed by atoms with Crippen LogP contribution in [0.2, 0.25) is 0 Å². The van der Waals surface area contributed by atoms with Crippen molar-refractivity contribution < 1.29 is 51.6 Å². The SMILES string of the molecule is CCOC(=O)[C@H]1[C@H](c2ccc3c(c2)OCO3)C2=C(O[C@]1(O)C(F)(F)F)C(=O)c1ccccc1C2=O. The molecule has 2 aromatic rings. The van der Waals surface area contributed by atoms with Crippen molar-refractivity contribution in [2.45, 2.75) is 24.8 Å². The van der Waals surface area contributed by atoms with E-state index in [1.807, 2.05) is 0 Å². The van der Waals surface area contributed by atoms with Gasteiger partial charge in [-0.25, -0.2) is 0 Å². The van der Waals surface area contributed by atoms with E-state index in [1.165, 1.54) is 49.4 Å². The van der Waals surface area contributed by atoms with Crippen molar-refractivity contribution in [1.29, 1.82) is 0 Å². The van der Waals surface area contributed by atoms with Gasteiger partial charge in [-0.15, -0.1) is 0 Å². The van der Waals surface area contributed by atoms with Crippen LogP contribution >= 0.6 is 0 Å². The maximum Gasteiger partial charge on any atom is 0.456 e. The number of carbonyl (C=O) groups excluding carboxylic acids is 3. The number of Topliss-reactive ketones (excluding diaryl/α,β-unsaturated/α-hetero) is 2. The monoisotopic (exact) mass is 490 g/mol. The molecule has 1 N–H and O–H groups in total. The summed E-state index contributed by atoms with van der Waals surface area (Å²) in [5, 5.41) is 10.9. The predicted molar refractivity (Wildman–Crippen MR) is 110 cm³/mol. The van der Waals surface area contributed by atoms with E-state index < -0.39 is 52.7 Å². The van der Waals surface area contributed by atoms with Gasteiger partial charge in [0.25, 0.3) is 0 Å². The van der Waals surface area contributed by atoms with Crippen molar-refractivity contribution in [3.05, 3.63) is 70.5 Å². The lowest BCUT2D eigenvalue weighted by Gasteiger charge is -2.45. The Morgan fingerprint density at radius 1 is 1.09 bits per heavy atom. The first-order valence-corrected chi connectivity index (χ1v) is 10.6. The van der Waals surface area contributed by atoms with Crippen LogP contribution in [0.4, 0.5) is 13.2 Å². The molecule has 2 aliphatic heterocycles. The zero-order valence-corrected chi connectivity index (χ0v) is 18.0. The highest BCUT2D eigenvalue weighted by atomic mass is 19.4. The van der Waals surface area contributed by atoms with Crippen LogP contribution in [0.1, 0.15) is 39.1 Å². The number of hydrogen-bond acceptors (Lipinski definition) is 8. The lowest BCUT2D eigenvalue weighted by molar-refractivity contribution is -0.375. The van der Waals surface area contributed by atoms with E-state index in [9.17, 15) is 32.7 Å². The maximum atomic E-state index is 14.3. The molecule has 3 atom stereocenters. The molecule has 1 aliphatic carbocycles. The van der Waals surface area contributed by atoms with Gasteiger partial charge in [0.05, 0.1) is 12.2 Å². The molecule has 182 valence electrons. The Labute approximate surface area is 195 Å². The first kappa shape index (κ1) is 22.9. The Morgan fingerprint density at radius 3 is 2.40 bits per heavy atom. The number of esters is 1. The number of ketones is 2. The minimum absolute atomic E-state index is 0.00805. The van der Waals surface area contributed by atoms with E-state index in [2.05, 4.69) is 0 Å². The van der Waals surface area contributed by atoms with Crippen LogP contribution in [-0.4, -0.2) is 48.0 Å². The molecule has 0 bridgehead atoms. The summed E-state index contributed by atoms with van der Waals surface area (Å²) >= 11 is 0. The quantitative estimate of drug-likeness (QED) is 0.654. The Balaban J connectivity index is 1.81. The second-order valence-electron chi connectivity index (χ2n) is 8.06. The third-order valence-electron chi connectivity index (χ3n) is 6.14. The van der Waals surface area contributed by atoms with Gasteiger partial charge < -0.3 is 24.1 Å². The molecule has 0 radical (unpaired) electrons. The molecule has 0 saturated carbocycles. The fourth-order valence-corrected chi connectivity index (χ4v) is 4.60. The van der Waals surface area contributed by atoms with Crippen LogP contribution in [0, 0.1) is 5.92 Å². The van der Waals surface area contributed by atoms with Gasteiger partial charge in [-0.05, 0) is 24.6 Å². The third kappa shape index (κ3) is 3.29. The number of hydrogen-bond donors (Lipinski definition) is 1. The summed E-state index contributed by atoms with van der Waals surface area (Å²) in [6, 6.07) is 9.56. The molecule has 35 heavy (non-hydrogen) atoms. The molecule has 8 nitrogen and oxygen atoms in total. The average Bonchev–Trinajstić information content (AvgIpc) is 3.29. The van der Waals surface area contributed by atoms with Crippen LogP contribution in [-0.2, 0) is 14.3 Å². The number of halogens is 3. The smallest absolute Gasteiger partial charge is 0.456 e. The standard InChI is InChI=1S/C24H17F3O8/c1-2-32-22(30)18-16(11-7-8-14-15(9-11)34-10-33-14)17-19(28)12-5-3-4-6-13(12)20(29)21(17)35-23(18,31)24(25,26)27/h3-9,16,18,31H,2,10H2,1H3/t16-,18-,23+/m1/s1. The Kier molecular flexibility index (Phi) is 5.13. The molecule has 3 aliphatic rings. The van der Waals surface area contributed by atoms with E-state index in [1.54, 1.807) is 0 Å². The van der Waals surface area contributed by atoms with Crippen LogP contribution in [0.25, 0.3) is 0 Å². The van der Waals surface area contributed by atoms with E-state index in [4.69, 9.17) is 18.9 Å². The molecule has 11 heteroatoms. The van der Waals surface area contributed by atoms with Crippen molar-refractivity contribution in [1.82, 2.24) is 0 Å². The van der Waals surface area contributed by atoms with Gasteiger partial charge in [0.15, 0.2) is 23.0 Å². The predicted octanol–water partition coefficient (Wildman–Crippen LogP) is 3.29. The number of ether oxygens (including phenoxy) is 4. The lowest BCUT2D eigenvalue weighted by atomic mass is 9.69. The summed E-state index contributed by atoms with van der Waals surface area (Å²) in [6.45, 7) is 0.928. The van der Waals surface area contributed by atoms with Crippen molar-refractivity contribution >= 4 is 17.5 Å². The van der Waals surface area contributed by atoms with Gasteiger partial charge >= 0.3 is 17.9 Å². The highest BCUT2D eigenvalue weighted by Gasteiger charge is 2.70. The number of carbonyl (C=O) groups is 3. The fraction of sp³-hybridized carbons (Fsp3) is 0.292. The van der Waals surface area contributed by atoms with Crippen molar-refractivity contribution in [3.63, 3.8) is 0 Å². The molecule has 2 heterocycles. The second-order valence-corrected chi connectivity index (χ2v) is 8.06. The molecule has 0 amide bonds. The number of rotatable bonds is 3. The minimum Gasteiger partial charge on any atom is -0.466 e. The highest BCUT2D eigenvalue weighted by molar-refractivity contribution is 6.27. The Hall–Kier alpha value is -3.86. The van der Waals surface area contributed by atoms with Crippen molar-refractivity contribution in [2.75, 3.05) is 13.4 Å². The first-order chi connectivity index (χ1) is 16.6. The largest absolute Gasteiger partial charge is 0.466 e. The molecule has 0 aromatic heterocycles. The molecular weight excluding hydrogens is 473 g/mol. The molecule has 2 aromatic carbocycles. The van der Waals surface area contributed by atoms with Crippen LogP contribution < -0.4 is 9.47 Å². The zero-order valence-electron chi connectivity index (χ0n) is 18.0. The van der Waals surface area contributed by atoms with Gasteiger partial charge in [0.1, 0.15) is 5.92 Å². The van der Waals surface area contributed by atoms with Gasteiger partial charge in [-0.1, -0.05) is 30.3 Å². The summed E-state index contributed by atoms with van der Waals surface area (Å²) < 4.78 is 63.3. The van der Waals surface area contributed by atoms with E-state index in [-0.39, 0.29) is 35.8 Å². The highest BCUT2D eigenvalue weighted by Crippen LogP contribution is 2.55. The molecule has 0 unspecified atom stereocenters. The van der Waals surface area contributed by atoms with Crippen LogP contribution in [0.3, 0.4) is 0 Å². The van der Waals surface area contributed by atoms with Gasteiger partial charge in [-0.3, -0.25) is 14.4 Å². The van der Waals surface area contributed by atoms with Gasteiger partial charge in [0, 0.05) is 17.0 Å². The first-order valence-electron chi connectivity index (χ1n) is 10.6. The Morgan fingerprint density at radius 2 is 1.74 bits per heavy atom. The summed E-state index contributed by atoms with van der Waals surface area (Å²) in [6.07, 6.45) is -5.54. The maximum absolute atomic E-state index is 14.3. The summed E-state index contributed by atoms with van der Waals surface area (Å²) in [5.41, 5.74) is -0.740. The van der Waals surface area contributed by atoms with Gasteiger partial charge in [-0.2, -0.15) is 13.2 Å². The number of allylic oxidation sites excluding steroid dienone is 2. The minimum atomic E-state index is -5.54. The average molecular weight is 490 g/mol. The van der Waals surface area contributed by atoms with Crippen LogP contribution in [0.5, 0.6) is 11.5 Å². The fourth-order valence-electron chi connectivity index (χ4n) is 4.60. The number of aliphatic hydroxyl groups is 1. The molecule has 0 saturated heterocycles. The molecular formula is C24H17F3O8. The topological polar surface area (TPSA) is 108 Å².